The van der Waals surface area contributed by atoms with Gasteiger partial charge in [0.15, 0.2) is 17.5 Å². The van der Waals surface area contributed by atoms with Crippen LogP contribution in [0.5, 0.6) is 5.75 Å². The zero-order chi connectivity index (χ0) is 18.6. The van der Waals surface area contributed by atoms with E-state index in [1.165, 1.54) is 7.11 Å². The second-order valence-electron chi connectivity index (χ2n) is 5.20. The van der Waals surface area contributed by atoms with Gasteiger partial charge in [-0.15, -0.1) is 0 Å². The molecular formula is C17H15F3N2O3. The summed E-state index contributed by atoms with van der Waals surface area (Å²) in [4.78, 5) is 23.7. The van der Waals surface area contributed by atoms with Crippen molar-refractivity contribution >= 4 is 23.2 Å². The van der Waals surface area contributed by atoms with Gasteiger partial charge in [0.2, 0.25) is 11.8 Å². The molecule has 2 amide bonds. The van der Waals surface area contributed by atoms with Gasteiger partial charge >= 0.3 is 0 Å². The lowest BCUT2D eigenvalue weighted by atomic mass is 10.2. The Bertz CT molecular complexity index is 825. The Kier molecular flexibility index (Phi) is 5.63. The Labute approximate surface area is 141 Å². The van der Waals surface area contributed by atoms with Crippen molar-refractivity contribution in [3.63, 3.8) is 0 Å². The number of hydrogen-bond acceptors (Lipinski definition) is 3. The first-order chi connectivity index (χ1) is 11.8. The molecule has 2 rings (SSSR count). The average Bonchev–Trinajstić information content (AvgIpc) is 2.55. The minimum atomic E-state index is -1.70. The molecule has 5 nitrogen and oxygen atoms in total. The summed E-state index contributed by atoms with van der Waals surface area (Å²) in [6.07, 6.45) is -0.643. The minimum Gasteiger partial charge on any atom is -0.495 e. The molecule has 0 atom stereocenters. The molecule has 2 N–H and O–H groups in total. The highest BCUT2D eigenvalue weighted by Gasteiger charge is 2.17. The number of amides is 2. The predicted molar refractivity (Wildman–Crippen MR) is 85.9 cm³/mol. The molecule has 0 spiro atoms. The van der Waals surface area contributed by atoms with Crippen LogP contribution >= 0.6 is 0 Å². The number of methoxy groups -OCH3 is 1. The van der Waals surface area contributed by atoms with E-state index in [1.807, 2.05) is 12.2 Å². The zero-order valence-corrected chi connectivity index (χ0v) is 13.5. The van der Waals surface area contributed by atoms with Crippen molar-refractivity contribution in [3.8, 4) is 5.75 Å². The number of aryl methyl sites for hydroxylation is 1. The third-order valence-electron chi connectivity index (χ3n) is 3.26. The van der Waals surface area contributed by atoms with E-state index in [-0.39, 0.29) is 0 Å². The fourth-order valence-corrected chi connectivity index (χ4v) is 2.08. The number of benzene rings is 2. The molecule has 0 aliphatic rings. The fraction of sp³-hybridized carbons (Fsp3) is 0.176. The van der Waals surface area contributed by atoms with Crippen molar-refractivity contribution < 1.29 is 27.5 Å². The number of carbonyl (C=O) groups excluding carboxylic acids is 2. The van der Waals surface area contributed by atoms with Crippen LogP contribution in [-0.2, 0) is 9.59 Å². The molecule has 132 valence electrons. The highest BCUT2D eigenvalue weighted by molar-refractivity contribution is 6.08. The smallest absolute Gasteiger partial charge is 0.233 e. The molecule has 0 unspecified atom stereocenters. The van der Waals surface area contributed by atoms with Crippen molar-refractivity contribution in [2.24, 2.45) is 0 Å². The van der Waals surface area contributed by atoms with Crippen LogP contribution in [0.4, 0.5) is 24.5 Å². The average molecular weight is 352 g/mol. The second-order valence-corrected chi connectivity index (χ2v) is 5.20. The van der Waals surface area contributed by atoms with Crippen LogP contribution in [0.25, 0.3) is 0 Å². The van der Waals surface area contributed by atoms with Gasteiger partial charge in [-0.1, -0.05) is 6.07 Å². The molecule has 0 aliphatic heterocycles. The quantitative estimate of drug-likeness (QED) is 0.640. The molecule has 2 aromatic rings. The van der Waals surface area contributed by atoms with Crippen LogP contribution in [0.3, 0.4) is 0 Å². The maximum Gasteiger partial charge on any atom is 0.233 e. The van der Waals surface area contributed by atoms with Gasteiger partial charge in [0.25, 0.3) is 0 Å². The van der Waals surface area contributed by atoms with E-state index in [0.29, 0.717) is 17.5 Å². The highest BCUT2D eigenvalue weighted by atomic mass is 19.2. The lowest BCUT2D eigenvalue weighted by Gasteiger charge is -2.11. The van der Waals surface area contributed by atoms with Crippen LogP contribution < -0.4 is 15.4 Å². The molecule has 8 heteroatoms. The van der Waals surface area contributed by atoms with Gasteiger partial charge in [-0.3, -0.25) is 9.59 Å². The Hall–Kier alpha value is -3.03. The molecule has 0 aromatic heterocycles. The van der Waals surface area contributed by atoms with Gasteiger partial charge < -0.3 is 15.4 Å². The van der Waals surface area contributed by atoms with E-state index in [9.17, 15) is 22.8 Å². The lowest BCUT2D eigenvalue weighted by molar-refractivity contribution is -0.123. The summed E-state index contributed by atoms with van der Waals surface area (Å²) in [5, 5.41) is 4.52. The molecule has 0 saturated heterocycles. The number of hydrogen-bond donors (Lipinski definition) is 2. The van der Waals surface area contributed by atoms with Crippen LogP contribution in [0.15, 0.2) is 30.3 Å². The van der Waals surface area contributed by atoms with E-state index < -0.39 is 41.4 Å². The van der Waals surface area contributed by atoms with Gasteiger partial charge in [0, 0.05) is 0 Å². The molecule has 0 radical (unpaired) electrons. The first-order valence-corrected chi connectivity index (χ1v) is 7.19. The van der Waals surface area contributed by atoms with Gasteiger partial charge in [0.1, 0.15) is 12.2 Å². The monoisotopic (exact) mass is 352 g/mol. The molecule has 2 aromatic carbocycles. The number of carbonyl (C=O) groups is 2. The number of nitrogens with one attached hydrogen (secondary N) is 2. The van der Waals surface area contributed by atoms with E-state index in [1.54, 1.807) is 18.2 Å². The topological polar surface area (TPSA) is 67.4 Å². The van der Waals surface area contributed by atoms with E-state index in [0.717, 1.165) is 11.6 Å². The summed E-state index contributed by atoms with van der Waals surface area (Å²) in [6, 6.07) is 6.64. The third kappa shape index (κ3) is 4.50. The van der Waals surface area contributed by atoms with Gasteiger partial charge in [0.05, 0.1) is 18.5 Å². The van der Waals surface area contributed by atoms with Crippen LogP contribution in [0, 0.1) is 24.4 Å². The van der Waals surface area contributed by atoms with Crippen molar-refractivity contribution in [1.82, 2.24) is 0 Å². The largest absolute Gasteiger partial charge is 0.495 e. The molecule has 0 aliphatic carbocycles. The van der Waals surface area contributed by atoms with Crippen molar-refractivity contribution in [1.29, 1.82) is 0 Å². The summed E-state index contributed by atoms with van der Waals surface area (Å²) in [5.74, 6) is -5.76. The summed E-state index contributed by atoms with van der Waals surface area (Å²) in [7, 11) is 1.43. The van der Waals surface area contributed by atoms with E-state index in [2.05, 4.69) is 5.32 Å². The fourth-order valence-electron chi connectivity index (χ4n) is 2.08. The molecule has 0 heterocycles. The molecule has 0 saturated carbocycles. The van der Waals surface area contributed by atoms with Crippen LogP contribution in [0.2, 0.25) is 0 Å². The van der Waals surface area contributed by atoms with Crippen LogP contribution in [-0.4, -0.2) is 18.9 Å². The maximum absolute atomic E-state index is 13.5. The number of rotatable bonds is 5. The van der Waals surface area contributed by atoms with Gasteiger partial charge in [-0.2, -0.15) is 0 Å². The Morgan fingerprint density at radius 3 is 2.24 bits per heavy atom. The predicted octanol–water partition coefficient (Wildman–Crippen LogP) is 3.39. The van der Waals surface area contributed by atoms with Crippen LogP contribution in [0.1, 0.15) is 12.0 Å². The number of ether oxygens (including phenoxy) is 1. The zero-order valence-electron chi connectivity index (χ0n) is 13.5. The Morgan fingerprint density at radius 1 is 0.960 bits per heavy atom. The maximum atomic E-state index is 13.5. The molecule has 0 fully saturated rings. The lowest BCUT2D eigenvalue weighted by Crippen LogP contribution is -2.22. The van der Waals surface area contributed by atoms with Crippen molar-refractivity contribution in [2.45, 2.75) is 13.3 Å². The first kappa shape index (κ1) is 18.3. The third-order valence-corrected chi connectivity index (χ3v) is 3.26. The summed E-state index contributed by atoms with van der Waals surface area (Å²) in [5.41, 5.74) is 0.688. The SMILES string of the molecule is COc1ccc(C)cc1NC(=O)CC(=O)Nc1ccc(F)c(F)c1F. The second kappa shape index (κ2) is 7.69. The van der Waals surface area contributed by atoms with E-state index in [4.69, 9.17) is 4.74 Å². The molecular weight excluding hydrogens is 337 g/mol. The summed E-state index contributed by atoms with van der Waals surface area (Å²) in [6.45, 7) is 1.81. The van der Waals surface area contributed by atoms with Gasteiger partial charge in [-0.25, -0.2) is 13.2 Å². The van der Waals surface area contributed by atoms with Gasteiger partial charge in [-0.05, 0) is 36.8 Å². The summed E-state index contributed by atoms with van der Waals surface area (Å²) < 4.78 is 44.6. The molecule has 0 bridgehead atoms. The summed E-state index contributed by atoms with van der Waals surface area (Å²) >= 11 is 0. The number of anilines is 2. The minimum absolute atomic E-state index is 0.374. The number of halogens is 3. The van der Waals surface area contributed by atoms with Crippen molar-refractivity contribution in [2.75, 3.05) is 17.7 Å². The van der Waals surface area contributed by atoms with E-state index >= 15 is 0 Å². The first-order valence-electron chi connectivity index (χ1n) is 7.19. The Balaban J connectivity index is 2.03. The normalized spacial score (nSPS) is 10.3. The molecule has 25 heavy (non-hydrogen) atoms. The van der Waals surface area contributed by atoms with Crippen molar-refractivity contribution in [3.05, 3.63) is 53.3 Å². The Morgan fingerprint density at radius 2 is 1.60 bits per heavy atom. The standard InChI is InChI=1S/C17H15F3N2O3/c1-9-3-6-13(25-2)12(7-9)22-15(24)8-14(23)21-11-5-4-10(18)16(19)17(11)20/h3-7H,8H2,1-2H3,(H,21,23)(H,22,24). The highest BCUT2D eigenvalue weighted by Crippen LogP contribution is 2.25.